The fraction of sp³-hybridized carbons (Fsp3) is 0.556. The minimum absolute atomic E-state index is 0.138. The summed E-state index contributed by atoms with van der Waals surface area (Å²) in [5.41, 5.74) is 4.82. The number of aliphatic hydroxyl groups is 2. The van der Waals surface area contributed by atoms with Crippen molar-refractivity contribution in [2.45, 2.75) is 24.9 Å². The average molecular weight is 228 g/mol. The zero-order chi connectivity index (χ0) is 11.7. The predicted molar refractivity (Wildman–Crippen MR) is 54.5 cm³/mol. The van der Waals surface area contributed by atoms with Gasteiger partial charge in [-0.1, -0.05) is 0 Å². The summed E-state index contributed by atoms with van der Waals surface area (Å²) in [4.78, 5) is 15.0. The van der Waals surface area contributed by atoms with Gasteiger partial charge in [-0.25, -0.2) is 4.79 Å². The van der Waals surface area contributed by atoms with Crippen LogP contribution in [0, 0.1) is 0 Å². The molecule has 16 heavy (non-hydrogen) atoms. The van der Waals surface area contributed by atoms with Crippen molar-refractivity contribution in [2.24, 2.45) is 0 Å². The average Bonchev–Trinajstić information content (AvgIpc) is 2.59. The van der Waals surface area contributed by atoms with Crippen molar-refractivity contribution < 1.29 is 14.9 Å². The summed E-state index contributed by atoms with van der Waals surface area (Å²) in [7, 11) is 0. The van der Waals surface area contributed by atoms with Gasteiger partial charge in [0.05, 0.1) is 12.7 Å². The summed E-state index contributed by atoms with van der Waals surface area (Å²) in [6, 6.07) is 1.48. The third-order valence-electron chi connectivity index (χ3n) is 2.55. The Labute approximate surface area is 91.1 Å². The number of rotatable bonds is 2. The highest BCUT2D eigenvalue weighted by molar-refractivity contribution is 5.23. The molecule has 0 bridgehead atoms. The van der Waals surface area contributed by atoms with E-state index in [0.717, 1.165) is 0 Å². The number of nitrogen functional groups attached to an aromatic ring is 1. The molecule has 0 radical (unpaired) electrons. The molecule has 0 aromatic carbocycles. The molecule has 1 aromatic heterocycles. The van der Waals surface area contributed by atoms with E-state index in [1.165, 1.54) is 16.8 Å². The Balaban J connectivity index is 2.23. The van der Waals surface area contributed by atoms with Crippen LogP contribution in [0.15, 0.2) is 17.1 Å². The van der Waals surface area contributed by atoms with Crippen molar-refractivity contribution in [3.05, 3.63) is 22.7 Å². The van der Waals surface area contributed by atoms with Crippen LogP contribution in [0.3, 0.4) is 0 Å². The number of nitrogens with zero attached hydrogens (tertiary/aromatic N) is 2. The van der Waals surface area contributed by atoms with Gasteiger partial charge in [0.25, 0.3) is 0 Å². The van der Waals surface area contributed by atoms with Crippen LogP contribution in [0.2, 0.25) is 0 Å². The maximum Gasteiger partial charge on any atom is 0.351 e. The molecule has 3 atom stereocenters. The van der Waals surface area contributed by atoms with E-state index in [0.29, 0.717) is 0 Å². The van der Waals surface area contributed by atoms with Crippen LogP contribution in [0.1, 0.15) is 12.6 Å². The minimum atomic E-state index is -0.778. The van der Waals surface area contributed by atoms with Crippen molar-refractivity contribution in [1.82, 2.24) is 9.55 Å². The lowest BCUT2D eigenvalue weighted by Gasteiger charge is -2.13. The van der Waals surface area contributed by atoms with Crippen molar-refractivity contribution in [3.8, 4) is 0 Å². The minimum Gasteiger partial charge on any atom is -0.394 e. The Morgan fingerprint density at radius 3 is 3.00 bits per heavy atom. The van der Waals surface area contributed by atoms with Gasteiger partial charge in [0, 0.05) is 12.6 Å². The second-order valence-electron chi connectivity index (χ2n) is 3.66. The molecular weight excluding hydrogens is 215 g/mol. The molecule has 7 nitrogen and oxygen atoms in total. The largest absolute Gasteiger partial charge is 0.394 e. The quantitative estimate of drug-likeness (QED) is 0.529. The first-order chi connectivity index (χ1) is 7.61. The van der Waals surface area contributed by atoms with Crippen LogP contribution in [0.4, 0.5) is 5.82 Å². The lowest BCUT2D eigenvalue weighted by molar-refractivity contribution is -0.0458. The Morgan fingerprint density at radius 2 is 2.44 bits per heavy atom. The van der Waals surface area contributed by atoms with E-state index in [9.17, 15) is 9.90 Å². The lowest BCUT2D eigenvalue weighted by atomic mass is 10.3. The van der Waals surface area contributed by atoms with Crippen LogP contribution in [0.5, 0.6) is 0 Å². The van der Waals surface area contributed by atoms with Gasteiger partial charge in [-0.2, -0.15) is 4.98 Å². The summed E-state index contributed by atoms with van der Waals surface area (Å²) in [6.45, 7) is -0.283. The molecule has 0 aliphatic carbocycles. The number of ether oxygens (including phenoxy) is 1. The van der Waals surface area contributed by atoms with Gasteiger partial charge in [-0.05, 0) is 6.07 Å². The highest BCUT2D eigenvalue weighted by atomic mass is 16.6. The molecule has 1 aliphatic rings. The summed E-state index contributed by atoms with van der Waals surface area (Å²) < 4.78 is 6.56. The Morgan fingerprint density at radius 1 is 1.69 bits per heavy atom. The SMILES string of the molecule is Nc1ccn([C@H]2[13CH2][C@H](O)[C@@H](CO)O2)c(=O)n1. The van der Waals surface area contributed by atoms with Crippen LogP contribution in [-0.2, 0) is 4.74 Å². The van der Waals surface area contributed by atoms with Gasteiger partial charge in [0.1, 0.15) is 18.1 Å². The zero-order valence-electron chi connectivity index (χ0n) is 8.48. The topological polar surface area (TPSA) is 111 Å². The summed E-state index contributed by atoms with van der Waals surface area (Å²) in [6.07, 6.45) is -0.333. The second kappa shape index (κ2) is 4.20. The monoisotopic (exact) mass is 228 g/mol. The number of aromatic nitrogens is 2. The van der Waals surface area contributed by atoms with Gasteiger partial charge in [-0.15, -0.1) is 0 Å². The molecule has 88 valence electrons. The van der Waals surface area contributed by atoms with Gasteiger partial charge in [-0.3, -0.25) is 4.57 Å². The van der Waals surface area contributed by atoms with E-state index in [2.05, 4.69) is 4.98 Å². The summed E-state index contributed by atoms with van der Waals surface area (Å²) >= 11 is 0. The van der Waals surface area contributed by atoms with Crippen LogP contribution in [0.25, 0.3) is 0 Å². The molecule has 0 amide bonds. The predicted octanol–water partition coefficient (Wildman–Crippen LogP) is -1.53. The molecule has 1 aromatic rings. The van der Waals surface area contributed by atoms with E-state index >= 15 is 0 Å². The first-order valence-corrected chi connectivity index (χ1v) is 4.91. The van der Waals surface area contributed by atoms with Gasteiger partial charge in [0.15, 0.2) is 0 Å². The van der Waals surface area contributed by atoms with E-state index in [1.807, 2.05) is 0 Å². The molecule has 1 saturated heterocycles. The molecule has 2 rings (SSSR count). The smallest absolute Gasteiger partial charge is 0.351 e. The maximum absolute atomic E-state index is 11.5. The number of hydrogen-bond acceptors (Lipinski definition) is 6. The van der Waals surface area contributed by atoms with E-state index < -0.39 is 24.1 Å². The van der Waals surface area contributed by atoms with E-state index in [-0.39, 0.29) is 18.8 Å². The molecule has 1 aliphatic heterocycles. The van der Waals surface area contributed by atoms with Gasteiger partial charge in [0.2, 0.25) is 0 Å². The molecule has 0 saturated carbocycles. The number of anilines is 1. The Kier molecular flexibility index (Phi) is 2.90. The first kappa shape index (κ1) is 11.1. The zero-order valence-corrected chi connectivity index (χ0v) is 8.48. The maximum atomic E-state index is 11.5. The number of hydrogen-bond donors (Lipinski definition) is 3. The highest BCUT2D eigenvalue weighted by Gasteiger charge is 2.34. The van der Waals surface area contributed by atoms with Gasteiger partial charge >= 0.3 is 5.69 Å². The highest BCUT2D eigenvalue weighted by Crippen LogP contribution is 2.27. The molecule has 7 heteroatoms. The van der Waals surface area contributed by atoms with Crippen molar-refractivity contribution in [1.29, 1.82) is 0 Å². The first-order valence-electron chi connectivity index (χ1n) is 4.91. The molecule has 4 N–H and O–H groups in total. The molecule has 0 spiro atoms. The third-order valence-corrected chi connectivity index (χ3v) is 2.55. The summed E-state index contributed by atoms with van der Waals surface area (Å²) in [5, 5.41) is 18.4. The van der Waals surface area contributed by atoms with E-state index in [4.69, 9.17) is 15.6 Å². The normalized spacial score (nSPS) is 29.5. The molecular formula is C9H13N3O4. The second-order valence-corrected chi connectivity index (χ2v) is 3.66. The van der Waals surface area contributed by atoms with Crippen LogP contribution < -0.4 is 11.4 Å². The standard InChI is InChI=1S/C9H13N3O4/c10-7-1-2-12(9(15)11-7)8-3-5(14)6(4-13)16-8/h1-2,5-6,8,13-14H,3-4H2,(H2,10,11,15)/t5-,6+,8+/m0/s1/i3+1. The summed E-state index contributed by atoms with van der Waals surface area (Å²) in [5.74, 6) is 0.138. The van der Waals surface area contributed by atoms with Gasteiger partial charge < -0.3 is 20.7 Å². The number of aliphatic hydroxyl groups excluding tert-OH is 2. The number of nitrogens with two attached hydrogens (primary N) is 1. The fourth-order valence-electron chi connectivity index (χ4n) is 1.70. The molecule has 0 unspecified atom stereocenters. The van der Waals surface area contributed by atoms with Crippen molar-refractivity contribution in [3.63, 3.8) is 0 Å². The van der Waals surface area contributed by atoms with Crippen LogP contribution in [-0.4, -0.2) is 38.6 Å². The Hall–Kier alpha value is -1.44. The van der Waals surface area contributed by atoms with Crippen LogP contribution >= 0.6 is 0 Å². The third kappa shape index (κ3) is 1.92. The van der Waals surface area contributed by atoms with E-state index in [1.54, 1.807) is 0 Å². The fourth-order valence-corrected chi connectivity index (χ4v) is 1.70. The lowest BCUT2D eigenvalue weighted by Crippen LogP contribution is -2.27. The van der Waals surface area contributed by atoms with Crippen molar-refractivity contribution in [2.75, 3.05) is 12.3 Å². The van der Waals surface area contributed by atoms with Crippen molar-refractivity contribution >= 4 is 5.82 Å². The molecule has 2 heterocycles. The molecule has 1 fully saturated rings. The Bertz CT molecular complexity index is 433.